The van der Waals surface area contributed by atoms with Crippen LogP contribution >= 0.6 is 11.8 Å². The van der Waals surface area contributed by atoms with Crippen LogP contribution in [0.1, 0.15) is 30.6 Å². The van der Waals surface area contributed by atoms with E-state index in [-0.39, 0.29) is 17.1 Å². The molecule has 2 N–H and O–H groups in total. The van der Waals surface area contributed by atoms with E-state index in [1.54, 1.807) is 24.3 Å². The van der Waals surface area contributed by atoms with Crippen molar-refractivity contribution in [3.63, 3.8) is 0 Å². The maximum absolute atomic E-state index is 12.4. The summed E-state index contributed by atoms with van der Waals surface area (Å²) in [4.78, 5) is 25.7. The first-order valence-electron chi connectivity index (χ1n) is 8.01. The number of nitrogens with one attached hydrogen (secondary N) is 2. The van der Waals surface area contributed by atoms with Gasteiger partial charge in [0.2, 0.25) is 5.91 Å². The number of thioether (sulfide) groups is 1. The Morgan fingerprint density at radius 2 is 1.71 bits per heavy atom. The third-order valence-corrected chi connectivity index (χ3v) is 4.50. The minimum absolute atomic E-state index is 0.125. The lowest BCUT2D eigenvalue weighted by atomic mass is 10.1. The van der Waals surface area contributed by atoms with Crippen molar-refractivity contribution in [2.45, 2.75) is 30.4 Å². The van der Waals surface area contributed by atoms with Crippen molar-refractivity contribution in [3.05, 3.63) is 60.2 Å². The summed E-state index contributed by atoms with van der Waals surface area (Å²) in [6.07, 6.45) is 0.866. The van der Waals surface area contributed by atoms with E-state index in [2.05, 4.69) is 10.6 Å². The van der Waals surface area contributed by atoms with Crippen LogP contribution in [0.25, 0.3) is 0 Å². The molecule has 5 heteroatoms. The van der Waals surface area contributed by atoms with Gasteiger partial charge in [0.1, 0.15) is 0 Å². The van der Waals surface area contributed by atoms with Crippen LogP contribution in [-0.2, 0) is 4.79 Å². The average Bonchev–Trinajstić information content (AvgIpc) is 2.61. The normalized spacial score (nSPS) is 11.6. The molecule has 0 saturated heterocycles. The highest BCUT2D eigenvalue weighted by atomic mass is 32.2. The van der Waals surface area contributed by atoms with Crippen LogP contribution in [0.5, 0.6) is 0 Å². The molecule has 0 radical (unpaired) electrons. The molecule has 0 heterocycles. The maximum atomic E-state index is 12.4. The van der Waals surface area contributed by atoms with Gasteiger partial charge in [-0.25, -0.2) is 0 Å². The second-order valence-corrected chi connectivity index (χ2v) is 6.78. The third-order valence-electron chi connectivity index (χ3n) is 3.39. The van der Waals surface area contributed by atoms with Crippen LogP contribution in [0.15, 0.2) is 59.5 Å². The second-order valence-electron chi connectivity index (χ2n) is 5.36. The van der Waals surface area contributed by atoms with Gasteiger partial charge in [0.25, 0.3) is 5.91 Å². The zero-order chi connectivity index (χ0) is 17.4. The maximum Gasteiger partial charge on any atom is 0.253 e. The molecule has 24 heavy (non-hydrogen) atoms. The van der Waals surface area contributed by atoms with Gasteiger partial charge in [-0.05, 0) is 37.6 Å². The Hall–Kier alpha value is -2.27. The highest BCUT2D eigenvalue weighted by molar-refractivity contribution is 8.00. The quantitative estimate of drug-likeness (QED) is 0.749. The molecule has 1 atom stereocenters. The van der Waals surface area contributed by atoms with Crippen LogP contribution in [0.3, 0.4) is 0 Å². The van der Waals surface area contributed by atoms with Crippen LogP contribution < -0.4 is 10.6 Å². The summed E-state index contributed by atoms with van der Waals surface area (Å²) in [6.45, 7) is 4.46. The Morgan fingerprint density at radius 1 is 1.04 bits per heavy atom. The van der Waals surface area contributed by atoms with Gasteiger partial charge in [-0.15, -0.1) is 11.8 Å². The summed E-state index contributed by atoms with van der Waals surface area (Å²) >= 11 is 1.49. The van der Waals surface area contributed by atoms with E-state index < -0.39 is 0 Å². The summed E-state index contributed by atoms with van der Waals surface area (Å²) in [5, 5.41) is 5.44. The molecule has 0 aliphatic carbocycles. The van der Waals surface area contributed by atoms with E-state index in [0.29, 0.717) is 17.8 Å². The van der Waals surface area contributed by atoms with E-state index in [9.17, 15) is 9.59 Å². The van der Waals surface area contributed by atoms with E-state index in [1.807, 2.05) is 44.2 Å². The molecule has 0 aromatic heterocycles. The third kappa shape index (κ3) is 5.13. The number of para-hydroxylation sites is 1. The van der Waals surface area contributed by atoms with Gasteiger partial charge >= 0.3 is 0 Å². The van der Waals surface area contributed by atoms with Crippen LogP contribution in [0.2, 0.25) is 0 Å². The summed E-state index contributed by atoms with van der Waals surface area (Å²) in [6, 6.07) is 16.8. The molecule has 0 unspecified atom stereocenters. The Kier molecular flexibility index (Phi) is 6.88. The molecule has 2 aromatic rings. The van der Waals surface area contributed by atoms with Crippen LogP contribution in [-0.4, -0.2) is 23.6 Å². The lowest BCUT2D eigenvalue weighted by molar-refractivity contribution is -0.115. The van der Waals surface area contributed by atoms with Crippen molar-refractivity contribution in [1.82, 2.24) is 5.32 Å². The van der Waals surface area contributed by atoms with Gasteiger partial charge in [-0.1, -0.05) is 37.3 Å². The average molecular weight is 342 g/mol. The topological polar surface area (TPSA) is 58.2 Å². The molecule has 0 fully saturated rings. The number of anilines is 1. The molecule has 126 valence electrons. The molecule has 4 nitrogen and oxygen atoms in total. The minimum atomic E-state index is -0.265. The summed E-state index contributed by atoms with van der Waals surface area (Å²) in [5.41, 5.74) is 1.02. The lowest BCUT2D eigenvalue weighted by Gasteiger charge is -2.14. The van der Waals surface area contributed by atoms with Crippen molar-refractivity contribution in [2.75, 3.05) is 11.9 Å². The van der Waals surface area contributed by atoms with Gasteiger partial charge in [-0.3, -0.25) is 9.59 Å². The van der Waals surface area contributed by atoms with Gasteiger partial charge in [0.15, 0.2) is 0 Å². The SMILES string of the molecule is CCCNC(=O)c1ccccc1NC(=O)[C@@H](C)Sc1ccccc1. The van der Waals surface area contributed by atoms with Crippen molar-refractivity contribution in [3.8, 4) is 0 Å². The first-order chi connectivity index (χ1) is 11.6. The Morgan fingerprint density at radius 3 is 2.42 bits per heavy atom. The molecule has 2 amide bonds. The monoisotopic (exact) mass is 342 g/mol. The molecular formula is C19H22N2O2S. The van der Waals surface area contributed by atoms with Crippen molar-refractivity contribution >= 4 is 29.3 Å². The summed E-state index contributed by atoms with van der Waals surface area (Å²) < 4.78 is 0. The zero-order valence-electron chi connectivity index (χ0n) is 13.9. The molecule has 0 aliphatic heterocycles. The van der Waals surface area contributed by atoms with Gasteiger partial charge in [-0.2, -0.15) is 0 Å². The number of amides is 2. The molecular weight excluding hydrogens is 320 g/mol. The van der Waals surface area contributed by atoms with Crippen molar-refractivity contribution in [2.24, 2.45) is 0 Å². The van der Waals surface area contributed by atoms with E-state index in [1.165, 1.54) is 11.8 Å². The molecule has 0 spiro atoms. The molecule has 0 saturated carbocycles. The van der Waals surface area contributed by atoms with Crippen LogP contribution in [0, 0.1) is 0 Å². The molecule has 2 rings (SSSR count). The Labute approximate surface area is 147 Å². The highest BCUT2D eigenvalue weighted by Crippen LogP contribution is 2.24. The summed E-state index contributed by atoms with van der Waals surface area (Å²) in [5.74, 6) is -0.296. The largest absolute Gasteiger partial charge is 0.352 e. The number of carbonyl (C=O) groups excluding carboxylic acids is 2. The fourth-order valence-electron chi connectivity index (χ4n) is 2.11. The minimum Gasteiger partial charge on any atom is -0.352 e. The summed E-state index contributed by atoms with van der Waals surface area (Å²) in [7, 11) is 0. The molecule has 0 aliphatic rings. The van der Waals surface area contributed by atoms with E-state index in [4.69, 9.17) is 0 Å². The highest BCUT2D eigenvalue weighted by Gasteiger charge is 2.17. The smallest absolute Gasteiger partial charge is 0.253 e. The standard InChI is InChI=1S/C19H22N2O2S/c1-3-13-20-19(23)16-11-7-8-12-17(16)21-18(22)14(2)24-15-9-5-4-6-10-15/h4-12,14H,3,13H2,1-2H3,(H,20,23)(H,21,22)/t14-/m1/s1. The predicted molar refractivity (Wildman–Crippen MR) is 99.5 cm³/mol. The second kappa shape index (κ2) is 9.13. The number of rotatable bonds is 7. The predicted octanol–water partition coefficient (Wildman–Crippen LogP) is 3.95. The number of hydrogen-bond acceptors (Lipinski definition) is 3. The Balaban J connectivity index is 2.04. The number of carbonyl (C=O) groups is 2. The Bertz CT molecular complexity index is 689. The van der Waals surface area contributed by atoms with Gasteiger partial charge in [0, 0.05) is 11.4 Å². The van der Waals surface area contributed by atoms with Crippen molar-refractivity contribution in [1.29, 1.82) is 0 Å². The molecule has 0 bridgehead atoms. The lowest BCUT2D eigenvalue weighted by Crippen LogP contribution is -2.27. The van der Waals surface area contributed by atoms with E-state index >= 15 is 0 Å². The first-order valence-corrected chi connectivity index (χ1v) is 8.89. The van der Waals surface area contributed by atoms with E-state index in [0.717, 1.165) is 11.3 Å². The number of benzene rings is 2. The number of hydrogen-bond donors (Lipinski definition) is 2. The fraction of sp³-hybridized carbons (Fsp3) is 0.263. The first kappa shape index (κ1) is 18.1. The van der Waals surface area contributed by atoms with Gasteiger partial charge in [0.05, 0.1) is 16.5 Å². The zero-order valence-corrected chi connectivity index (χ0v) is 14.7. The molecule has 2 aromatic carbocycles. The van der Waals surface area contributed by atoms with Crippen molar-refractivity contribution < 1.29 is 9.59 Å². The fourth-order valence-corrected chi connectivity index (χ4v) is 3.00. The van der Waals surface area contributed by atoms with Gasteiger partial charge < -0.3 is 10.6 Å². The van der Waals surface area contributed by atoms with Crippen LogP contribution in [0.4, 0.5) is 5.69 Å².